The molecule has 0 amide bonds. The molecule has 6 heteroatoms. The molecular weight excluding hydrogens is 264 g/mol. The molecule has 2 fully saturated rings. The van der Waals surface area contributed by atoms with E-state index in [2.05, 4.69) is 51.3 Å². The summed E-state index contributed by atoms with van der Waals surface area (Å²) in [6.45, 7) is 9.66. The summed E-state index contributed by atoms with van der Waals surface area (Å²) in [6, 6.07) is 0.477. The van der Waals surface area contributed by atoms with E-state index in [1.807, 2.05) is 0 Å². The van der Waals surface area contributed by atoms with Crippen LogP contribution in [-0.2, 0) is 0 Å². The summed E-state index contributed by atoms with van der Waals surface area (Å²) in [6.07, 6.45) is 4.68. The quantitative estimate of drug-likeness (QED) is 0.839. The molecule has 1 aliphatic carbocycles. The summed E-state index contributed by atoms with van der Waals surface area (Å²) >= 11 is 0. The minimum absolute atomic E-state index is 0.359. The number of nitrogens with zero attached hydrogens (tertiary/aromatic N) is 4. The van der Waals surface area contributed by atoms with Gasteiger partial charge in [0.05, 0.1) is 0 Å². The minimum atomic E-state index is 0.359. The second-order valence-electron chi connectivity index (χ2n) is 6.79. The van der Waals surface area contributed by atoms with Gasteiger partial charge in [-0.05, 0) is 31.1 Å². The number of hydrogen-bond acceptors (Lipinski definition) is 6. The Labute approximate surface area is 126 Å². The van der Waals surface area contributed by atoms with Crippen molar-refractivity contribution in [1.29, 1.82) is 0 Å². The average molecular weight is 290 g/mol. The fourth-order valence-electron chi connectivity index (χ4n) is 2.67. The van der Waals surface area contributed by atoms with E-state index in [0.717, 1.165) is 32.0 Å². The molecule has 1 saturated carbocycles. The third kappa shape index (κ3) is 3.36. The standard InChI is InChI=1S/C15H26N6/c1-4-7-16-12-18-13(17-11-10-15(11,2)3)20-14(19-12)21-8-5-6-9-21/h11H,4-10H2,1-3H3,(H2,16,17,18,19,20). The Balaban J connectivity index is 1.78. The Bertz CT molecular complexity index is 495. The number of anilines is 3. The molecule has 0 aromatic carbocycles. The van der Waals surface area contributed by atoms with Crippen LogP contribution in [-0.4, -0.2) is 40.6 Å². The average Bonchev–Trinajstić information content (AvgIpc) is 2.89. The van der Waals surface area contributed by atoms with Gasteiger partial charge in [-0.3, -0.25) is 0 Å². The molecule has 1 aliphatic heterocycles. The summed E-state index contributed by atoms with van der Waals surface area (Å²) in [5.74, 6) is 2.21. The van der Waals surface area contributed by atoms with Crippen molar-refractivity contribution in [2.75, 3.05) is 35.2 Å². The molecular formula is C15H26N6. The second kappa shape index (κ2) is 5.66. The van der Waals surface area contributed by atoms with Crippen molar-refractivity contribution in [3.05, 3.63) is 0 Å². The number of hydrogen-bond donors (Lipinski definition) is 2. The van der Waals surface area contributed by atoms with Crippen LogP contribution in [0.5, 0.6) is 0 Å². The van der Waals surface area contributed by atoms with Crippen LogP contribution >= 0.6 is 0 Å². The summed E-state index contributed by atoms with van der Waals surface area (Å²) in [7, 11) is 0. The van der Waals surface area contributed by atoms with Gasteiger partial charge in [0, 0.05) is 25.7 Å². The van der Waals surface area contributed by atoms with Crippen LogP contribution in [0.1, 0.15) is 46.5 Å². The van der Waals surface area contributed by atoms with Crippen molar-refractivity contribution >= 4 is 17.8 Å². The van der Waals surface area contributed by atoms with Crippen LogP contribution < -0.4 is 15.5 Å². The molecule has 0 bridgehead atoms. The van der Waals surface area contributed by atoms with Crippen molar-refractivity contribution in [2.24, 2.45) is 5.41 Å². The van der Waals surface area contributed by atoms with Crippen molar-refractivity contribution in [1.82, 2.24) is 15.0 Å². The molecule has 2 heterocycles. The summed E-state index contributed by atoms with van der Waals surface area (Å²) in [5.41, 5.74) is 0.359. The lowest BCUT2D eigenvalue weighted by molar-refractivity contribution is 0.628. The summed E-state index contributed by atoms with van der Waals surface area (Å²) < 4.78 is 0. The molecule has 1 unspecified atom stereocenters. The topological polar surface area (TPSA) is 66.0 Å². The van der Waals surface area contributed by atoms with E-state index in [4.69, 9.17) is 0 Å². The first kappa shape index (κ1) is 14.4. The normalized spacial score (nSPS) is 23.2. The molecule has 2 aliphatic rings. The zero-order chi connectivity index (χ0) is 14.9. The van der Waals surface area contributed by atoms with Crippen LogP contribution in [0.3, 0.4) is 0 Å². The molecule has 1 aromatic rings. The minimum Gasteiger partial charge on any atom is -0.354 e. The van der Waals surface area contributed by atoms with Crippen molar-refractivity contribution in [3.63, 3.8) is 0 Å². The molecule has 21 heavy (non-hydrogen) atoms. The molecule has 6 nitrogen and oxygen atoms in total. The zero-order valence-electron chi connectivity index (χ0n) is 13.3. The van der Waals surface area contributed by atoms with Crippen LogP contribution in [0.25, 0.3) is 0 Å². The monoisotopic (exact) mass is 290 g/mol. The second-order valence-corrected chi connectivity index (χ2v) is 6.79. The lowest BCUT2D eigenvalue weighted by Gasteiger charge is -2.17. The predicted octanol–water partition coefficient (Wildman–Crippen LogP) is 2.50. The Morgan fingerprint density at radius 2 is 1.81 bits per heavy atom. The summed E-state index contributed by atoms with van der Waals surface area (Å²) in [5, 5.41) is 6.74. The highest BCUT2D eigenvalue weighted by Gasteiger charge is 2.46. The SMILES string of the molecule is CCCNc1nc(NC2CC2(C)C)nc(N2CCCC2)n1. The largest absolute Gasteiger partial charge is 0.354 e. The van der Waals surface area contributed by atoms with Crippen LogP contribution in [0.15, 0.2) is 0 Å². The number of rotatable bonds is 6. The van der Waals surface area contributed by atoms with Gasteiger partial charge in [0.2, 0.25) is 17.8 Å². The fourth-order valence-corrected chi connectivity index (χ4v) is 2.67. The van der Waals surface area contributed by atoms with Gasteiger partial charge in [-0.25, -0.2) is 0 Å². The van der Waals surface area contributed by atoms with E-state index in [-0.39, 0.29) is 0 Å². The highest BCUT2D eigenvalue weighted by molar-refractivity contribution is 5.45. The van der Waals surface area contributed by atoms with Gasteiger partial charge in [0.1, 0.15) is 0 Å². The molecule has 116 valence electrons. The van der Waals surface area contributed by atoms with Gasteiger partial charge in [0.25, 0.3) is 0 Å². The third-order valence-corrected chi connectivity index (χ3v) is 4.36. The van der Waals surface area contributed by atoms with Gasteiger partial charge in [-0.1, -0.05) is 20.8 Å². The number of nitrogens with one attached hydrogen (secondary N) is 2. The summed E-state index contributed by atoms with van der Waals surface area (Å²) in [4.78, 5) is 16.0. The lowest BCUT2D eigenvalue weighted by Crippen LogP contribution is -2.23. The predicted molar refractivity (Wildman–Crippen MR) is 85.9 cm³/mol. The van der Waals surface area contributed by atoms with E-state index < -0.39 is 0 Å². The lowest BCUT2D eigenvalue weighted by atomic mass is 10.2. The van der Waals surface area contributed by atoms with E-state index in [1.165, 1.54) is 19.3 Å². The first-order valence-electron chi connectivity index (χ1n) is 8.10. The molecule has 0 spiro atoms. The molecule has 1 saturated heterocycles. The van der Waals surface area contributed by atoms with Crippen LogP contribution in [0.4, 0.5) is 17.8 Å². The maximum Gasteiger partial charge on any atom is 0.231 e. The third-order valence-electron chi connectivity index (χ3n) is 4.36. The van der Waals surface area contributed by atoms with Crippen molar-refractivity contribution < 1.29 is 0 Å². The zero-order valence-corrected chi connectivity index (χ0v) is 13.3. The fraction of sp³-hybridized carbons (Fsp3) is 0.800. The van der Waals surface area contributed by atoms with Crippen LogP contribution in [0.2, 0.25) is 0 Å². The number of aromatic nitrogens is 3. The first-order chi connectivity index (χ1) is 10.1. The maximum atomic E-state index is 4.62. The van der Waals surface area contributed by atoms with Crippen LogP contribution in [0, 0.1) is 5.41 Å². The molecule has 3 rings (SSSR count). The van der Waals surface area contributed by atoms with Crippen molar-refractivity contribution in [3.8, 4) is 0 Å². The Morgan fingerprint density at radius 3 is 2.43 bits per heavy atom. The van der Waals surface area contributed by atoms with Gasteiger partial charge in [0.15, 0.2) is 0 Å². The highest BCUT2D eigenvalue weighted by atomic mass is 15.3. The maximum absolute atomic E-state index is 4.62. The van der Waals surface area contributed by atoms with E-state index in [9.17, 15) is 0 Å². The van der Waals surface area contributed by atoms with E-state index in [0.29, 0.717) is 23.4 Å². The Hall–Kier alpha value is -1.59. The van der Waals surface area contributed by atoms with Crippen molar-refractivity contribution in [2.45, 2.75) is 52.5 Å². The molecule has 2 N–H and O–H groups in total. The van der Waals surface area contributed by atoms with E-state index in [1.54, 1.807) is 0 Å². The first-order valence-corrected chi connectivity index (χ1v) is 8.10. The molecule has 0 radical (unpaired) electrons. The van der Waals surface area contributed by atoms with E-state index >= 15 is 0 Å². The Morgan fingerprint density at radius 1 is 1.14 bits per heavy atom. The van der Waals surface area contributed by atoms with Gasteiger partial charge in [-0.15, -0.1) is 0 Å². The molecule has 1 aromatic heterocycles. The molecule has 1 atom stereocenters. The van der Waals surface area contributed by atoms with Gasteiger partial charge < -0.3 is 15.5 Å². The smallest absolute Gasteiger partial charge is 0.231 e. The highest BCUT2D eigenvalue weighted by Crippen LogP contribution is 2.46. The Kier molecular flexibility index (Phi) is 3.87. The van der Waals surface area contributed by atoms with Gasteiger partial charge in [-0.2, -0.15) is 15.0 Å². The van der Waals surface area contributed by atoms with Gasteiger partial charge >= 0.3 is 0 Å².